The molecule has 0 aliphatic rings. The fraction of sp³-hybridized carbons (Fsp3) is 0.400. The van der Waals surface area contributed by atoms with Crippen LogP contribution in [0, 0.1) is 5.92 Å². The molecule has 0 heterocycles. The highest BCUT2D eigenvalue weighted by molar-refractivity contribution is 5.82. The number of amides is 1. The van der Waals surface area contributed by atoms with Crippen LogP contribution < -0.4 is 5.32 Å². The highest BCUT2D eigenvalue weighted by Crippen LogP contribution is 2.21. The Morgan fingerprint density at radius 1 is 0.900 bits per heavy atom. The van der Waals surface area contributed by atoms with Gasteiger partial charge in [0.25, 0.3) is 0 Å². The molecular weight excluding hydrogens is 378 g/mol. The maximum absolute atomic E-state index is 12.2. The average Bonchev–Trinajstić information content (AvgIpc) is 2.73. The van der Waals surface area contributed by atoms with Gasteiger partial charge in [0.15, 0.2) is 0 Å². The van der Waals surface area contributed by atoms with E-state index in [1.165, 1.54) is 0 Å². The summed E-state index contributed by atoms with van der Waals surface area (Å²) in [5.74, 6) is -1.25. The monoisotopic (exact) mass is 409 g/mol. The van der Waals surface area contributed by atoms with Crippen molar-refractivity contribution in [2.24, 2.45) is 5.92 Å². The van der Waals surface area contributed by atoms with Gasteiger partial charge in [0.2, 0.25) is 5.91 Å². The lowest BCUT2D eigenvalue weighted by Gasteiger charge is -2.22. The Balaban J connectivity index is 2.07. The van der Waals surface area contributed by atoms with Crippen molar-refractivity contribution >= 4 is 17.7 Å². The molecule has 0 unspecified atom stereocenters. The van der Waals surface area contributed by atoms with Crippen molar-refractivity contribution in [3.05, 3.63) is 60.2 Å². The third-order valence-electron chi connectivity index (χ3n) is 5.16. The van der Waals surface area contributed by atoms with Gasteiger partial charge < -0.3 is 10.4 Å². The van der Waals surface area contributed by atoms with Crippen molar-refractivity contribution in [3.8, 4) is 11.1 Å². The first-order valence-corrected chi connectivity index (χ1v) is 10.6. The summed E-state index contributed by atoms with van der Waals surface area (Å²) in [6, 6.07) is 18.1. The molecule has 30 heavy (non-hydrogen) atoms. The zero-order chi connectivity index (χ0) is 21.9. The van der Waals surface area contributed by atoms with Crippen LogP contribution in [-0.4, -0.2) is 28.8 Å². The Labute approximate surface area is 178 Å². The van der Waals surface area contributed by atoms with Gasteiger partial charge >= 0.3 is 5.97 Å². The van der Waals surface area contributed by atoms with Gasteiger partial charge in [-0.2, -0.15) is 0 Å². The van der Waals surface area contributed by atoms with E-state index in [9.17, 15) is 14.4 Å². The standard InChI is InChI=1S/C25H31NO4/c1-3-7-23(27)18(2)16-22(26-24(28)14-15-25(29)30)17-19-10-12-21(13-11-19)20-8-5-4-6-9-20/h4-6,8-13,18,22H,3,7,14-17H2,1-2H3,(H,26,28)(H,29,30)/t18-,22+/m1/s1. The van der Waals surface area contributed by atoms with Gasteiger partial charge in [-0.15, -0.1) is 0 Å². The number of Topliss-reactive ketones (excluding diaryl/α,β-unsaturated/α-hetero) is 1. The van der Waals surface area contributed by atoms with Crippen molar-refractivity contribution in [1.29, 1.82) is 0 Å². The fourth-order valence-electron chi connectivity index (χ4n) is 3.51. The fourth-order valence-corrected chi connectivity index (χ4v) is 3.51. The molecule has 0 bridgehead atoms. The summed E-state index contributed by atoms with van der Waals surface area (Å²) >= 11 is 0. The second kappa shape index (κ2) is 11.9. The number of aliphatic carboxylic acids is 1. The van der Waals surface area contributed by atoms with E-state index in [0.29, 0.717) is 19.3 Å². The minimum Gasteiger partial charge on any atom is -0.481 e. The predicted molar refractivity (Wildman–Crippen MR) is 118 cm³/mol. The highest BCUT2D eigenvalue weighted by atomic mass is 16.4. The summed E-state index contributed by atoms with van der Waals surface area (Å²) in [5.41, 5.74) is 3.32. The molecule has 160 valence electrons. The van der Waals surface area contributed by atoms with Gasteiger partial charge in [0.05, 0.1) is 6.42 Å². The van der Waals surface area contributed by atoms with E-state index in [-0.39, 0.29) is 36.5 Å². The van der Waals surface area contributed by atoms with E-state index in [2.05, 4.69) is 29.6 Å². The van der Waals surface area contributed by atoms with Gasteiger partial charge in [-0.1, -0.05) is 68.4 Å². The topological polar surface area (TPSA) is 83.5 Å². The average molecular weight is 410 g/mol. The normalized spacial score (nSPS) is 12.7. The minimum atomic E-state index is -0.996. The van der Waals surface area contributed by atoms with E-state index in [1.54, 1.807) is 0 Å². The van der Waals surface area contributed by atoms with Crippen molar-refractivity contribution in [2.45, 2.75) is 58.4 Å². The zero-order valence-corrected chi connectivity index (χ0v) is 17.8. The highest BCUT2D eigenvalue weighted by Gasteiger charge is 2.21. The maximum atomic E-state index is 12.2. The summed E-state index contributed by atoms with van der Waals surface area (Å²) in [4.78, 5) is 35.2. The molecule has 1 amide bonds. The molecule has 0 spiro atoms. The second-order valence-electron chi connectivity index (χ2n) is 7.78. The van der Waals surface area contributed by atoms with Crippen LogP contribution in [0.2, 0.25) is 0 Å². The lowest BCUT2D eigenvalue weighted by Crippen LogP contribution is -2.38. The van der Waals surface area contributed by atoms with Crippen LogP contribution >= 0.6 is 0 Å². The van der Waals surface area contributed by atoms with Gasteiger partial charge in [-0.05, 0) is 36.0 Å². The first-order valence-electron chi connectivity index (χ1n) is 10.6. The Morgan fingerprint density at radius 2 is 1.53 bits per heavy atom. The van der Waals surface area contributed by atoms with Crippen LogP contribution in [0.25, 0.3) is 11.1 Å². The van der Waals surface area contributed by atoms with Gasteiger partial charge in [0.1, 0.15) is 5.78 Å². The Morgan fingerprint density at radius 3 is 2.13 bits per heavy atom. The number of ketones is 1. The first-order chi connectivity index (χ1) is 14.4. The van der Waals surface area contributed by atoms with Crippen LogP contribution in [0.1, 0.15) is 51.5 Å². The molecule has 2 aromatic rings. The molecule has 0 aliphatic heterocycles. The van der Waals surface area contributed by atoms with E-state index < -0.39 is 5.97 Å². The smallest absolute Gasteiger partial charge is 0.303 e. The van der Waals surface area contributed by atoms with Gasteiger partial charge in [0, 0.05) is 24.8 Å². The molecule has 0 saturated heterocycles. The number of nitrogens with one attached hydrogen (secondary N) is 1. The van der Waals surface area contributed by atoms with Crippen LogP contribution in [-0.2, 0) is 20.8 Å². The van der Waals surface area contributed by atoms with Crippen molar-refractivity contribution in [2.75, 3.05) is 0 Å². The summed E-state index contributed by atoms with van der Waals surface area (Å²) in [6.45, 7) is 3.87. The molecule has 5 heteroatoms. The largest absolute Gasteiger partial charge is 0.481 e. The molecule has 0 aromatic heterocycles. The van der Waals surface area contributed by atoms with Gasteiger partial charge in [-0.3, -0.25) is 14.4 Å². The molecular formula is C25H31NO4. The number of benzene rings is 2. The Bertz CT molecular complexity index is 830. The Hall–Kier alpha value is -2.95. The number of carbonyl (C=O) groups excluding carboxylic acids is 2. The van der Waals surface area contributed by atoms with Crippen LogP contribution in [0.3, 0.4) is 0 Å². The SMILES string of the molecule is CCCC(=O)[C@H](C)C[C@@H](Cc1ccc(-c2ccccc2)cc1)NC(=O)CCC(=O)O. The molecule has 2 aromatic carbocycles. The molecule has 0 radical (unpaired) electrons. The Kier molecular flexibility index (Phi) is 9.26. The number of carboxylic acid groups (broad SMARTS) is 1. The predicted octanol–water partition coefficient (Wildman–Crippen LogP) is 4.64. The number of carboxylic acids is 1. The van der Waals surface area contributed by atoms with E-state index in [1.807, 2.05) is 44.2 Å². The summed E-state index contributed by atoms with van der Waals surface area (Å²) in [5, 5.41) is 11.7. The lowest BCUT2D eigenvalue weighted by atomic mass is 9.91. The number of carbonyl (C=O) groups is 3. The molecule has 0 aliphatic carbocycles. The van der Waals surface area contributed by atoms with E-state index in [4.69, 9.17) is 5.11 Å². The molecule has 5 nitrogen and oxygen atoms in total. The minimum absolute atomic E-state index is 0.0595. The summed E-state index contributed by atoms with van der Waals surface area (Å²) < 4.78 is 0. The van der Waals surface area contributed by atoms with Crippen molar-refractivity contribution in [1.82, 2.24) is 5.32 Å². The zero-order valence-electron chi connectivity index (χ0n) is 17.8. The van der Waals surface area contributed by atoms with Crippen molar-refractivity contribution in [3.63, 3.8) is 0 Å². The van der Waals surface area contributed by atoms with Gasteiger partial charge in [-0.25, -0.2) is 0 Å². The molecule has 0 saturated carbocycles. The molecule has 2 rings (SSSR count). The first kappa shape index (κ1) is 23.3. The maximum Gasteiger partial charge on any atom is 0.303 e. The number of hydrogen-bond acceptors (Lipinski definition) is 3. The molecule has 2 N–H and O–H groups in total. The van der Waals surface area contributed by atoms with Crippen LogP contribution in [0.5, 0.6) is 0 Å². The lowest BCUT2D eigenvalue weighted by molar-refractivity contribution is -0.138. The molecule has 2 atom stereocenters. The van der Waals surface area contributed by atoms with Crippen LogP contribution in [0.15, 0.2) is 54.6 Å². The van der Waals surface area contributed by atoms with Crippen molar-refractivity contribution < 1.29 is 19.5 Å². The van der Waals surface area contributed by atoms with Crippen LogP contribution in [0.4, 0.5) is 0 Å². The quantitative estimate of drug-likeness (QED) is 0.535. The molecule has 0 fully saturated rings. The second-order valence-corrected chi connectivity index (χ2v) is 7.78. The number of rotatable bonds is 12. The van der Waals surface area contributed by atoms with E-state index >= 15 is 0 Å². The summed E-state index contributed by atoms with van der Waals surface area (Å²) in [6.07, 6.45) is 2.22. The third kappa shape index (κ3) is 7.82. The van der Waals surface area contributed by atoms with E-state index in [0.717, 1.165) is 23.1 Å². The third-order valence-corrected chi connectivity index (χ3v) is 5.16. The summed E-state index contributed by atoms with van der Waals surface area (Å²) in [7, 11) is 0. The number of hydrogen-bond donors (Lipinski definition) is 2.